The number of carbonyl (C=O) groups excluding carboxylic acids is 1. The number of H-pyrrole nitrogens is 1. The van der Waals surface area contributed by atoms with Crippen LogP contribution in [-0.2, 0) is 47.2 Å². The molecule has 5 aromatic rings. The SMILES string of the molecule is CO[C@@H]1[C@@H]2OP(=O)(SCc3ccc(OC(=O)c4ccc(C)cc4)cc3)OC[C@H]3O[C@@H](n4ccc(=O)[nH]c4=O)[C@H](OP(=O)([O-])OC[C@H]2O[C@H]1n1ccc2c(N)ncnc21)[C@@H]3F.[NH4+]. The van der Waals surface area contributed by atoms with Crippen molar-refractivity contribution >= 4 is 48.8 Å². The number of halogens is 1. The number of quaternary nitrogens is 1. The number of benzene rings is 2. The molecule has 0 spiro atoms. The third kappa shape index (κ3) is 9.43. The number of aromatic amines is 1. The van der Waals surface area contributed by atoms with Gasteiger partial charge in [-0.3, -0.25) is 28.0 Å². The van der Waals surface area contributed by atoms with Crippen LogP contribution in [0.4, 0.5) is 10.2 Å². The highest BCUT2D eigenvalue weighted by Gasteiger charge is 2.54. The van der Waals surface area contributed by atoms with E-state index in [2.05, 4.69) is 9.97 Å². The average molecular weight is 908 g/mol. The van der Waals surface area contributed by atoms with Crippen LogP contribution in [0, 0.1) is 6.92 Å². The molecule has 3 aromatic heterocycles. The summed E-state index contributed by atoms with van der Waals surface area (Å²) in [5.74, 6) is -0.168. The van der Waals surface area contributed by atoms with Crippen LogP contribution in [0.25, 0.3) is 11.0 Å². The number of phosphoric acid groups is 1. The molecule has 21 nitrogen and oxygen atoms in total. The quantitative estimate of drug-likeness (QED) is 0.113. The number of nitrogen functional groups attached to an aromatic ring is 1. The van der Waals surface area contributed by atoms with Gasteiger partial charge >= 0.3 is 18.5 Å². The standard InChI is InChI=1S/C36H37FN6O14P2S.H3N/c1-19-3-7-21(8-4-19)35(45)53-22-9-5-20(6-10-22)17-60-59(49)52-15-24-27(37)29(33(54-24)43-14-12-26(44)41-36(43)46)56-58(47,48)51-16-25-28(57-59)30(50-2)34(55-25)42-13-11-23-31(38)39-18-40-32(23)42;/h3-14,18,24-25,27-30,33-34H,15-17H2,1-2H3,(H,47,48)(H2,38,39,40)(H,41,44,46);1H3/t24-,25-,27-,28-,29-,30-,33-,34-,59?;/m1./s1. The van der Waals surface area contributed by atoms with E-state index in [1.807, 2.05) is 11.9 Å². The molecule has 7 N–H and O–H groups in total. The zero-order valence-corrected chi connectivity index (χ0v) is 35.1. The Morgan fingerprint density at radius 1 is 0.951 bits per heavy atom. The molecule has 3 fully saturated rings. The number of nitrogens with two attached hydrogens (primary N) is 1. The van der Waals surface area contributed by atoms with E-state index in [0.717, 1.165) is 22.4 Å². The molecule has 61 heavy (non-hydrogen) atoms. The molecule has 8 rings (SSSR count). The molecule has 2 bridgehead atoms. The minimum atomic E-state index is -5.46. The predicted octanol–water partition coefficient (Wildman–Crippen LogP) is 3.94. The van der Waals surface area contributed by atoms with Crippen molar-refractivity contribution in [1.29, 1.82) is 0 Å². The number of carbonyl (C=O) groups is 1. The molecular formula is C36H40FN7O14P2S. The monoisotopic (exact) mass is 907 g/mol. The van der Waals surface area contributed by atoms with Crippen LogP contribution in [0.1, 0.15) is 33.9 Å². The van der Waals surface area contributed by atoms with E-state index >= 15 is 4.39 Å². The summed E-state index contributed by atoms with van der Waals surface area (Å²) >= 11 is 0.706. The number of methoxy groups -OCH3 is 1. The Morgan fingerprint density at radius 3 is 2.38 bits per heavy atom. The van der Waals surface area contributed by atoms with Gasteiger partial charge in [-0.2, -0.15) is 0 Å². The Balaban J connectivity index is 0.00000561. The van der Waals surface area contributed by atoms with Gasteiger partial charge in [-0.25, -0.2) is 28.5 Å². The van der Waals surface area contributed by atoms with Gasteiger partial charge in [0.05, 0.1) is 24.2 Å². The highest BCUT2D eigenvalue weighted by atomic mass is 32.7. The van der Waals surface area contributed by atoms with Crippen molar-refractivity contribution in [3.8, 4) is 5.75 Å². The number of aryl methyl sites for hydroxylation is 1. The smallest absolute Gasteiger partial charge is 0.389 e. The summed E-state index contributed by atoms with van der Waals surface area (Å²) < 4.78 is 92.9. The molecule has 2 aromatic carbocycles. The van der Waals surface area contributed by atoms with Gasteiger partial charge in [-0.05, 0) is 54.2 Å². The predicted molar refractivity (Wildman–Crippen MR) is 213 cm³/mol. The Hall–Kier alpha value is -4.61. The summed E-state index contributed by atoms with van der Waals surface area (Å²) in [6, 6.07) is 15.8. The summed E-state index contributed by atoms with van der Waals surface area (Å²) in [4.78, 5) is 60.9. The maximum Gasteiger partial charge on any atom is 0.389 e. The first-order valence-electron chi connectivity index (χ1n) is 18.2. The number of phosphoric ester groups is 1. The third-order valence-electron chi connectivity index (χ3n) is 9.87. The molecule has 326 valence electrons. The van der Waals surface area contributed by atoms with Crippen molar-refractivity contribution in [2.45, 2.75) is 61.8 Å². The normalized spacial score (nSPS) is 30.4. The molecule has 6 heterocycles. The summed E-state index contributed by atoms with van der Waals surface area (Å²) in [6.07, 6.45) is -8.92. The van der Waals surface area contributed by atoms with Gasteiger partial charge in [-0.15, -0.1) is 0 Å². The van der Waals surface area contributed by atoms with E-state index in [1.54, 1.807) is 65.4 Å². The Morgan fingerprint density at radius 2 is 1.66 bits per heavy atom. The second kappa shape index (κ2) is 18.0. The van der Waals surface area contributed by atoms with Crippen molar-refractivity contribution in [3.63, 3.8) is 0 Å². The molecule has 3 aliphatic heterocycles. The van der Waals surface area contributed by atoms with Crippen LogP contribution >= 0.6 is 26.0 Å². The second-order valence-electron chi connectivity index (χ2n) is 13.8. The van der Waals surface area contributed by atoms with Gasteiger partial charge in [-0.1, -0.05) is 29.8 Å². The van der Waals surface area contributed by atoms with Gasteiger partial charge < -0.3 is 49.3 Å². The Bertz CT molecular complexity index is 2600. The Kier molecular flexibility index (Phi) is 13.1. The average Bonchev–Trinajstić information content (AvgIpc) is 3.89. The van der Waals surface area contributed by atoms with Crippen molar-refractivity contribution in [2.75, 3.05) is 26.1 Å². The van der Waals surface area contributed by atoms with Gasteiger partial charge in [0.2, 0.25) is 0 Å². The number of hydrogen-bond acceptors (Lipinski definition) is 18. The van der Waals surface area contributed by atoms with Crippen LogP contribution in [0.5, 0.6) is 5.75 Å². The van der Waals surface area contributed by atoms with E-state index in [9.17, 15) is 28.4 Å². The molecule has 10 atom stereocenters. The molecule has 2 unspecified atom stereocenters. The number of ether oxygens (including phenoxy) is 4. The number of rotatable bonds is 8. The fraction of sp³-hybridized carbons (Fsp3) is 0.361. The third-order valence-corrected chi connectivity index (χ3v) is 14.5. The first-order valence-corrected chi connectivity index (χ1v) is 22.8. The lowest BCUT2D eigenvalue weighted by Gasteiger charge is -2.31. The number of alkyl halides is 1. The molecule has 0 radical (unpaired) electrons. The van der Waals surface area contributed by atoms with Crippen LogP contribution < -0.4 is 32.8 Å². The largest absolute Gasteiger partial charge is 0.756 e. The van der Waals surface area contributed by atoms with Crippen LogP contribution in [0.3, 0.4) is 0 Å². The summed E-state index contributed by atoms with van der Waals surface area (Å²) in [7, 11) is -4.13. The fourth-order valence-electron chi connectivity index (χ4n) is 6.85. The number of anilines is 1. The van der Waals surface area contributed by atoms with Crippen molar-refractivity contribution in [2.24, 2.45) is 0 Å². The lowest BCUT2D eigenvalue weighted by atomic mass is 10.1. The number of nitrogens with one attached hydrogen (secondary N) is 1. The number of fused-ring (bicyclic) bond motifs is 4. The van der Waals surface area contributed by atoms with Gasteiger partial charge in [0.25, 0.3) is 13.4 Å². The fourth-order valence-corrected chi connectivity index (χ4v) is 11.1. The van der Waals surface area contributed by atoms with Crippen LogP contribution in [-0.4, -0.2) is 87.1 Å². The Labute approximate surface area is 349 Å². The first-order chi connectivity index (χ1) is 28.7. The van der Waals surface area contributed by atoms with E-state index in [1.165, 1.54) is 13.4 Å². The molecular weight excluding hydrogens is 867 g/mol. The molecule has 25 heteroatoms. The van der Waals surface area contributed by atoms with E-state index in [4.69, 9.17) is 42.8 Å². The zero-order valence-electron chi connectivity index (χ0n) is 32.5. The van der Waals surface area contributed by atoms with Crippen molar-refractivity contribution in [3.05, 3.63) is 117 Å². The van der Waals surface area contributed by atoms with Gasteiger partial charge in [0.15, 0.2) is 18.6 Å². The lowest BCUT2D eigenvalue weighted by Crippen LogP contribution is -2.39. The number of hydrogen-bond donors (Lipinski definition) is 3. The summed E-state index contributed by atoms with van der Waals surface area (Å²) in [5.41, 5.74) is 6.48. The molecule has 0 saturated carbocycles. The minimum Gasteiger partial charge on any atom is -0.756 e. The number of nitrogens with zero attached hydrogens (tertiary/aromatic N) is 4. The van der Waals surface area contributed by atoms with Gasteiger partial charge in [0.1, 0.15) is 54.1 Å². The first kappa shape index (κ1) is 44.4. The summed E-state index contributed by atoms with van der Waals surface area (Å²) in [6.45, 7) is -4.21. The maximum absolute atomic E-state index is 16.2. The zero-order chi connectivity index (χ0) is 42.3. The topological polar surface area (TPSA) is 296 Å². The highest BCUT2D eigenvalue weighted by molar-refractivity contribution is 8.54. The molecule has 0 amide bonds. The molecule has 3 saturated heterocycles. The highest BCUT2D eigenvalue weighted by Crippen LogP contribution is 2.64. The van der Waals surface area contributed by atoms with Crippen molar-refractivity contribution in [1.82, 2.24) is 30.2 Å². The number of esters is 1. The molecule has 3 aliphatic rings. The van der Waals surface area contributed by atoms with E-state index < -0.39 is 94.2 Å². The minimum absolute atomic E-state index is 0. The lowest BCUT2D eigenvalue weighted by molar-refractivity contribution is -0.236. The van der Waals surface area contributed by atoms with E-state index in [-0.39, 0.29) is 23.5 Å². The summed E-state index contributed by atoms with van der Waals surface area (Å²) in [5, 5.41) is 0.473. The van der Waals surface area contributed by atoms with Gasteiger partial charge in [0, 0.05) is 31.3 Å². The van der Waals surface area contributed by atoms with Crippen LogP contribution in [0.2, 0.25) is 0 Å². The van der Waals surface area contributed by atoms with Crippen molar-refractivity contribution < 1.29 is 60.3 Å². The molecule has 0 aliphatic carbocycles. The van der Waals surface area contributed by atoms with E-state index in [0.29, 0.717) is 33.5 Å². The maximum atomic E-state index is 16.2. The van der Waals surface area contributed by atoms with Crippen LogP contribution in [0.15, 0.2) is 89.0 Å². The number of aromatic nitrogens is 5. The second-order valence-corrected chi connectivity index (χ2v) is 19.2.